The zero-order chi connectivity index (χ0) is 14.2. The van der Waals surface area contributed by atoms with E-state index < -0.39 is 0 Å². The minimum atomic E-state index is 0. The van der Waals surface area contributed by atoms with Crippen molar-refractivity contribution in [1.82, 2.24) is 4.98 Å². The van der Waals surface area contributed by atoms with Gasteiger partial charge in [-0.15, -0.1) is 30.3 Å². The van der Waals surface area contributed by atoms with Gasteiger partial charge in [0.25, 0.3) is 0 Å². The Morgan fingerprint density at radius 2 is 1.64 bits per heavy atom. The summed E-state index contributed by atoms with van der Waals surface area (Å²) >= 11 is 0. The van der Waals surface area contributed by atoms with Gasteiger partial charge in [0, 0.05) is 31.7 Å². The molecule has 0 spiro atoms. The average Bonchev–Trinajstić information content (AvgIpc) is 2.53. The number of hydrogen-bond acceptors (Lipinski definition) is 1. The fraction of sp³-hybridized carbons (Fsp3) is 0. The molecule has 0 bridgehead atoms. The molecule has 1 heterocycles. The van der Waals surface area contributed by atoms with E-state index in [0.29, 0.717) is 0 Å². The number of nitrogens with zero attached hydrogens (tertiary/aromatic N) is 2. The smallest absolute Gasteiger partial charge is 0.231 e. The van der Waals surface area contributed by atoms with Gasteiger partial charge < -0.3 is 4.57 Å². The largest absolute Gasteiger partial charge is 0.355 e. The van der Waals surface area contributed by atoms with Crippen LogP contribution in [0.2, 0.25) is 0 Å². The first kappa shape index (κ1) is 14.7. The molecule has 3 aromatic carbocycles. The standard InChI is InChI=1S/C19H13N2.Ir/c1-21-13-17-11-15-9-5-6-10-16(15)12-18(17)20-19(21)14-7-3-2-4-8-14;/h2-7,9-13H,1H2;/q-1;. The maximum Gasteiger partial charge on any atom is 0.231 e. The van der Waals surface area contributed by atoms with Gasteiger partial charge >= 0.3 is 0 Å². The summed E-state index contributed by atoms with van der Waals surface area (Å²) in [6.45, 7) is 0. The molecule has 0 aliphatic carbocycles. The van der Waals surface area contributed by atoms with Crippen molar-refractivity contribution in [2.75, 3.05) is 0 Å². The summed E-state index contributed by atoms with van der Waals surface area (Å²) < 4.78 is 1.81. The summed E-state index contributed by atoms with van der Waals surface area (Å²) in [4.78, 5) is 4.76. The van der Waals surface area contributed by atoms with E-state index in [1.165, 1.54) is 10.8 Å². The molecule has 4 aromatic rings. The molecule has 2 nitrogen and oxygen atoms in total. The molecule has 0 saturated carbocycles. The predicted octanol–water partition coefficient (Wildman–Crippen LogP) is 3.78. The van der Waals surface area contributed by atoms with Crippen molar-refractivity contribution in [2.45, 2.75) is 0 Å². The van der Waals surface area contributed by atoms with Gasteiger partial charge in [0.05, 0.1) is 0 Å². The zero-order valence-electron chi connectivity index (χ0n) is 11.8. The van der Waals surface area contributed by atoms with Crippen LogP contribution in [0.4, 0.5) is 0 Å². The minimum absolute atomic E-state index is 0. The second-order valence-corrected chi connectivity index (χ2v) is 5.07. The molecule has 0 aliphatic rings. The van der Waals surface area contributed by atoms with Gasteiger partial charge in [-0.2, -0.15) is 0 Å². The van der Waals surface area contributed by atoms with Crippen LogP contribution in [0.25, 0.3) is 33.1 Å². The molecule has 4 rings (SSSR count). The molecular weight excluding hydrogens is 448 g/mol. The molecule has 1 aromatic heterocycles. The van der Waals surface area contributed by atoms with Crippen molar-refractivity contribution in [3.63, 3.8) is 0 Å². The SMILES string of the molecule is [CH2-][n+]1cc2cc3ccccc3cc2nc1-c1[c-]cccc1.[Ir]. The molecule has 0 atom stereocenters. The first-order valence-electron chi connectivity index (χ1n) is 6.84. The van der Waals surface area contributed by atoms with E-state index in [1.54, 1.807) is 0 Å². The Morgan fingerprint density at radius 3 is 2.36 bits per heavy atom. The first-order chi connectivity index (χ1) is 10.3. The fourth-order valence-corrected chi connectivity index (χ4v) is 2.60. The monoisotopic (exact) mass is 462 g/mol. The van der Waals surface area contributed by atoms with Gasteiger partial charge in [0.1, 0.15) is 0 Å². The van der Waals surface area contributed by atoms with E-state index in [-0.39, 0.29) is 20.1 Å². The first-order valence-corrected chi connectivity index (χ1v) is 6.84. The Kier molecular flexibility index (Phi) is 3.93. The number of fused-ring (bicyclic) bond motifs is 2. The van der Waals surface area contributed by atoms with Crippen molar-refractivity contribution in [2.24, 2.45) is 0 Å². The summed E-state index contributed by atoms with van der Waals surface area (Å²) in [5.41, 5.74) is 1.92. The fourth-order valence-electron chi connectivity index (χ4n) is 2.60. The van der Waals surface area contributed by atoms with E-state index in [1.807, 2.05) is 47.2 Å². The summed E-state index contributed by atoms with van der Waals surface area (Å²) in [5, 5.41) is 3.50. The minimum Gasteiger partial charge on any atom is -0.355 e. The van der Waals surface area contributed by atoms with E-state index in [9.17, 15) is 0 Å². The maximum atomic E-state index is 4.76. The van der Waals surface area contributed by atoms with Gasteiger partial charge in [0.2, 0.25) is 5.82 Å². The zero-order valence-corrected chi connectivity index (χ0v) is 14.2. The second kappa shape index (κ2) is 5.88. The van der Waals surface area contributed by atoms with Crippen LogP contribution < -0.4 is 4.57 Å². The van der Waals surface area contributed by atoms with Crippen LogP contribution in [-0.2, 0) is 20.1 Å². The van der Waals surface area contributed by atoms with Crippen LogP contribution in [0.3, 0.4) is 0 Å². The Bertz CT molecular complexity index is 949. The normalized spacial score (nSPS) is 10.5. The van der Waals surface area contributed by atoms with Crippen molar-refractivity contribution < 1.29 is 24.7 Å². The topological polar surface area (TPSA) is 16.8 Å². The Balaban J connectivity index is 0.00000144. The van der Waals surface area contributed by atoms with Gasteiger partial charge in [-0.3, -0.25) is 0 Å². The van der Waals surface area contributed by atoms with Crippen LogP contribution >= 0.6 is 0 Å². The Morgan fingerprint density at radius 1 is 0.909 bits per heavy atom. The van der Waals surface area contributed by atoms with Gasteiger partial charge in [-0.1, -0.05) is 40.9 Å². The van der Waals surface area contributed by atoms with Crippen LogP contribution in [0.1, 0.15) is 0 Å². The molecular formula is C19H13IrN2-. The third kappa shape index (κ3) is 2.50. The van der Waals surface area contributed by atoms with E-state index >= 15 is 0 Å². The van der Waals surface area contributed by atoms with Gasteiger partial charge in [-0.25, -0.2) is 0 Å². The molecule has 22 heavy (non-hydrogen) atoms. The van der Waals surface area contributed by atoms with E-state index in [2.05, 4.69) is 37.4 Å². The van der Waals surface area contributed by atoms with Crippen molar-refractivity contribution in [3.8, 4) is 11.4 Å². The van der Waals surface area contributed by atoms with Crippen molar-refractivity contribution in [3.05, 3.63) is 80.0 Å². The molecule has 0 amide bonds. The van der Waals surface area contributed by atoms with E-state index in [0.717, 1.165) is 22.3 Å². The molecule has 0 N–H and O–H groups in total. The molecule has 0 saturated heterocycles. The third-order valence-corrected chi connectivity index (χ3v) is 3.64. The summed E-state index contributed by atoms with van der Waals surface area (Å²) in [5.74, 6) is 0.818. The molecule has 3 heteroatoms. The number of aromatic nitrogens is 2. The van der Waals surface area contributed by atoms with Crippen molar-refractivity contribution in [1.29, 1.82) is 0 Å². The molecule has 109 valence electrons. The quantitative estimate of drug-likeness (QED) is 0.240. The third-order valence-electron chi connectivity index (χ3n) is 3.64. The van der Waals surface area contributed by atoms with Gasteiger partial charge in [-0.05, 0) is 23.9 Å². The molecule has 0 unspecified atom stereocenters. The molecule has 1 radical (unpaired) electrons. The van der Waals surface area contributed by atoms with E-state index in [4.69, 9.17) is 4.98 Å². The maximum absolute atomic E-state index is 4.76. The average molecular weight is 462 g/mol. The van der Waals surface area contributed by atoms with Crippen LogP contribution in [0, 0.1) is 13.1 Å². The van der Waals surface area contributed by atoms with Crippen LogP contribution in [0.5, 0.6) is 0 Å². The number of hydrogen-bond donors (Lipinski definition) is 0. The Hall–Kier alpha value is -2.22. The summed E-state index contributed by atoms with van der Waals surface area (Å²) in [7, 11) is 4.06. The summed E-state index contributed by atoms with van der Waals surface area (Å²) in [6, 6.07) is 23.6. The second-order valence-electron chi connectivity index (χ2n) is 5.07. The Labute approximate surface area is 142 Å². The molecule has 0 aliphatic heterocycles. The van der Waals surface area contributed by atoms with Crippen LogP contribution in [-0.4, -0.2) is 4.98 Å². The number of rotatable bonds is 1. The van der Waals surface area contributed by atoms with Crippen molar-refractivity contribution >= 4 is 21.7 Å². The number of benzene rings is 3. The van der Waals surface area contributed by atoms with Gasteiger partial charge in [0.15, 0.2) is 5.52 Å². The van der Waals surface area contributed by atoms with Crippen LogP contribution in [0.15, 0.2) is 66.9 Å². The summed E-state index contributed by atoms with van der Waals surface area (Å²) in [6.07, 6.45) is 2.02. The molecule has 0 fully saturated rings. The predicted molar refractivity (Wildman–Crippen MR) is 84.5 cm³/mol.